The zero-order chi connectivity index (χ0) is 22.4. The Morgan fingerprint density at radius 1 is 1.13 bits per heavy atom. The van der Waals surface area contributed by atoms with Crippen LogP contribution in [0.2, 0.25) is 0 Å². The maximum Gasteiger partial charge on any atom is 0.354 e. The van der Waals surface area contributed by atoms with Gasteiger partial charge in [-0.15, -0.1) is 0 Å². The molecule has 6 nitrogen and oxygen atoms in total. The molecule has 0 aliphatic carbocycles. The SMILES string of the molecule is CCCN(CC(O)COc1cc(C)cc2[nH]c(C(=O)OCC)cc12)c1cccc(C)c1. The number of aromatic nitrogens is 1. The van der Waals surface area contributed by atoms with Gasteiger partial charge in [-0.05, 0) is 68.7 Å². The van der Waals surface area contributed by atoms with Crippen molar-refractivity contribution in [3.8, 4) is 5.75 Å². The zero-order valence-electron chi connectivity index (χ0n) is 18.8. The summed E-state index contributed by atoms with van der Waals surface area (Å²) in [6, 6.07) is 13.9. The van der Waals surface area contributed by atoms with Crippen LogP contribution >= 0.6 is 0 Å². The van der Waals surface area contributed by atoms with Gasteiger partial charge in [0.25, 0.3) is 0 Å². The first-order valence-electron chi connectivity index (χ1n) is 10.8. The van der Waals surface area contributed by atoms with Gasteiger partial charge in [0.15, 0.2) is 0 Å². The summed E-state index contributed by atoms with van der Waals surface area (Å²) in [5.74, 6) is 0.245. The highest BCUT2D eigenvalue weighted by Crippen LogP contribution is 2.29. The van der Waals surface area contributed by atoms with E-state index < -0.39 is 12.1 Å². The van der Waals surface area contributed by atoms with E-state index in [0.29, 0.717) is 24.6 Å². The number of carbonyl (C=O) groups is 1. The lowest BCUT2D eigenvalue weighted by Gasteiger charge is -2.27. The molecule has 1 heterocycles. The minimum atomic E-state index is -0.661. The molecule has 0 fully saturated rings. The number of aryl methyl sites for hydroxylation is 2. The Hall–Kier alpha value is -2.99. The fourth-order valence-corrected chi connectivity index (χ4v) is 3.69. The third-order valence-corrected chi connectivity index (χ3v) is 5.06. The van der Waals surface area contributed by atoms with Crippen molar-refractivity contribution >= 4 is 22.6 Å². The highest BCUT2D eigenvalue weighted by Gasteiger charge is 2.16. The molecule has 0 amide bonds. The molecule has 1 aromatic heterocycles. The summed E-state index contributed by atoms with van der Waals surface area (Å²) in [6.07, 6.45) is 0.325. The molecule has 2 aromatic carbocycles. The van der Waals surface area contributed by atoms with Crippen LogP contribution in [-0.4, -0.2) is 48.5 Å². The van der Waals surface area contributed by atoms with E-state index in [-0.39, 0.29) is 6.61 Å². The first kappa shape index (κ1) is 22.7. The highest BCUT2D eigenvalue weighted by molar-refractivity contribution is 5.97. The van der Waals surface area contributed by atoms with Crippen LogP contribution in [0.5, 0.6) is 5.75 Å². The molecule has 0 spiro atoms. The number of H-pyrrole nitrogens is 1. The second kappa shape index (κ2) is 10.4. The van der Waals surface area contributed by atoms with E-state index in [9.17, 15) is 9.90 Å². The number of aliphatic hydroxyl groups is 1. The van der Waals surface area contributed by atoms with Crippen LogP contribution in [-0.2, 0) is 4.74 Å². The third-order valence-electron chi connectivity index (χ3n) is 5.06. The topological polar surface area (TPSA) is 74.8 Å². The highest BCUT2D eigenvalue weighted by atomic mass is 16.5. The average Bonchev–Trinajstić information content (AvgIpc) is 3.16. The van der Waals surface area contributed by atoms with Gasteiger partial charge in [-0.25, -0.2) is 4.79 Å². The smallest absolute Gasteiger partial charge is 0.354 e. The average molecular weight is 425 g/mol. The van der Waals surface area contributed by atoms with Gasteiger partial charge in [-0.3, -0.25) is 0 Å². The predicted octanol–water partition coefficient (Wildman–Crippen LogP) is 4.62. The van der Waals surface area contributed by atoms with E-state index in [0.717, 1.165) is 35.1 Å². The van der Waals surface area contributed by atoms with Gasteiger partial charge in [-0.2, -0.15) is 0 Å². The Kier molecular flexibility index (Phi) is 7.58. The second-order valence-corrected chi connectivity index (χ2v) is 7.88. The summed E-state index contributed by atoms with van der Waals surface area (Å²) in [7, 11) is 0. The molecule has 0 bridgehead atoms. The molecule has 3 rings (SSSR count). The van der Waals surface area contributed by atoms with Gasteiger partial charge in [0.1, 0.15) is 24.2 Å². The van der Waals surface area contributed by atoms with Crippen LogP contribution in [0.25, 0.3) is 10.9 Å². The first-order valence-corrected chi connectivity index (χ1v) is 10.8. The molecule has 1 atom stereocenters. The zero-order valence-corrected chi connectivity index (χ0v) is 18.8. The lowest BCUT2D eigenvalue weighted by Crippen LogP contribution is -2.36. The Bertz CT molecular complexity index is 1030. The lowest BCUT2D eigenvalue weighted by molar-refractivity contribution is 0.0520. The van der Waals surface area contributed by atoms with E-state index in [4.69, 9.17) is 9.47 Å². The number of nitrogens with zero attached hydrogens (tertiary/aromatic N) is 1. The second-order valence-electron chi connectivity index (χ2n) is 7.88. The lowest BCUT2D eigenvalue weighted by atomic mass is 10.1. The van der Waals surface area contributed by atoms with Gasteiger partial charge in [0, 0.05) is 24.2 Å². The third kappa shape index (κ3) is 5.79. The molecule has 3 aromatic rings. The summed E-state index contributed by atoms with van der Waals surface area (Å²) in [4.78, 5) is 17.4. The number of hydrogen-bond acceptors (Lipinski definition) is 5. The van der Waals surface area contributed by atoms with Crippen LogP contribution in [0.4, 0.5) is 5.69 Å². The van der Waals surface area contributed by atoms with Crippen molar-refractivity contribution in [2.45, 2.75) is 40.2 Å². The Morgan fingerprint density at radius 3 is 2.65 bits per heavy atom. The van der Waals surface area contributed by atoms with Crippen molar-refractivity contribution in [2.75, 3.05) is 31.2 Å². The molecule has 0 radical (unpaired) electrons. The van der Waals surface area contributed by atoms with E-state index in [1.807, 2.05) is 25.1 Å². The predicted molar refractivity (Wildman–Crippen MR) is 124 cm³/mol. The number of aliphatic hydroxyl groups excluding tert-OH is 1. The van der Waals surface area contributed by atoms with Crippen molar-refractivity contribution in [1.82, 2.24) is 4.98 Å². The summed E-state index contributed by atoms with van der Waals surface area (Å²) in [6.45, 7) is 9.75. The number of nitrogens with one attached hydrogen (secondary N) is 1. The van der Waals surface area contributed by atoms with Gasteiger partial charge in [0.05, 0.1) is 12.1 Å². The molecular weight excluding hydrogens is 392 g/mol. The monoisotopic (exact) mass is 424 g/mol. The molecule has 6 heteroatoms. The van der Waals surface area contributed by atoms with Gasteiger partial charge >= 0.3 is 5.97 Å². The van der Waals surface area contributed by atoms with Crippen LogP contribution in [0.3, 0.4) is 0 Å². The molecule has 0 aliphatic rings. The van der Waals surface area contributed by atoms with E-state index in [1.165, 1.54) is 5.56 Å². The van der Waals surface area contributed by atoms with E-state index >= 15 is 0 Å². The molecule has 0 saturated carbocycles. The summed E-state index contributed by atoms with van der Waals surface area (Å²) in [5.41, 5.74) is 4.49. The largest absolute Gasteiger partial charge is 0.490 e. The van der Waals surface area contributed by atoms with Crippen LogP contribution in [0, 0.1) is 13.8 Å². The maximum absolute atomic E-state index is 12.1. The number of fused-ring (bicyclic) bond motifs is 1. The van der Waals surface area contributed by atoms with Crippen LogP contribution in [0.1, 0.15) is 41.9 Å². The van der Waals surface area contributed by atoms with E-state index in [1.54, 1.807) is 13.0 Å². The minimum Gasteiger partial charge on any atom is -0.490 e. The summed E-state index contributed by atoms with van der Waals surface area (Å²) >= 11 is 0. The molecule has 2 N–H and O–H groups in total. The summed E-state index contributed by atoms with van der Waals surface area (Å²) in [5, 5.41) is 11.5. The van der Waals surface area contributed by atoms with Crippen LogP contribution in [0.15, 0.2) is 42.5 Å². The standard InChI is InChI=1S/C25H32N2O4/c1-5-10-27(19-9-7-8-17(3)11-19)15-20(28)16-31-24-13-18(4)12-22-21(24)14-23(26-22)25(29)30-6-2/h7-9,11-14,20,26,28H,5-6,10,15-16H2,1-4H3. The number of aromatic amines is 1. The number of anilines is 1. The molecule has 0 saturated heterocycles. The number of rotatable bonds is 10. The molecule has 0 aliphatic heterocycles. The quantitative estimate of drug-likeness (QED) is 0.465. The Morgan fingerprint density at radius 2 is 1.94 bits per heavy atom. The van der Waals surface area contributed by atoms with Crippen molar-refractivity contribution in [2.24, 2.45) is 0 Å². The van der Waals surface area contributed by atoms with Crippen molar-refractivity contribution in [3.63, 3.8) is 0 Å². The normalized spacial score (nSPS) is 12.0. The fourth-order valence-electron chi connectivity index (χ4n) is 3.69. The number of esters is 1. The molecule has 31 heavy (non-hydrogen) atoms. The number of benzene rings is 2. The molecule has 166 valence electrons. The van der Waals surface area contributed by atoms with Gasteiger partial charge in [-0.1, -0.05) is 19.1 Å². The van der Waals surface area contributed by atoms with E-state index in [2.05, 4.69) is 41.9 Å². The summed E-state index contributed by atoms with van der Waals surface area (Å²) < 4.78 is 11.1. The van der Waals surface area contributed by atoms with Crippen molar-refractivity contribution in [1.29, 1.82) is 0 Å². The molecule has 1 unspecified atom stereocenters. The Balaban J connectivity index is 1.72. The van der Waals surface area contributed by atoms with Crippen molar-refractivity contribution in [3.05, 3.63) is 59.3 Å². The van der Waals surface area contributed by atoms with Crippen molar-refractivity contribution < 1.29 is 19.4 Å². The van der Waals surface area contributed by atoms with Gasteiger partial charge in [0.2, 0.25) is 0 Å². The number of hydrogen-bond donors (Lipinski definition) is 2. The van der Waals surface area contributed by atoms with Gasteiger partial charge < -0.3 is 24.5 Å². The number of carbonyl (C=O) groups excluding carboxylic acids is 1. The van der Waals surface area contributed by atoms with Crippen LogP contribution < -0.4 is 9.64 Å². The Labute approximate surface area is 183 Å². The fraction of sp³-hybridized carbons (Fsp3) is 0.400. The first-order chi connectivity index (χ1) is 14.9. The minimum absolute atomic E-state index is 0.157. The maximum atomic E-state index is 12.1. The molecular formula is C25H32N2O4. The number of ether oxygens (including phenoxy) is 2.